The quantitative estimate of drug-likeness (QED) is 0.445. The fraction of sp³-hybridized carbons (Fsp3) is 0.571. The lowest BCUT2D eigenvalue weighted by atomic mass is 10.2. The lowest BCUT2D eigenvalue weighted by Crippen LogP contribution is -2.39. The molecule has 0 unspecified atom stereocenters. The fourth-order valence-corrected chi connectivity index (χ4v) is 2.45. The molecular weight excluding hydrogens is 286 g/mol. The molecule has 2 aromatic rings. The van der Waals surface area contributed by atoms with Gasteiger partial charge in [0.2, 0.25) is 0 Å². The first-order valence-corrected chi connectivity index (χ1v) is 7.14. The molecule has 0 N–H and O–H groups in total. The van der Waals surface area contributed by atoms with E-state index in [0.717, 1.165) is 25.0 Å². The summed E-state index contributed by atoms with van der Waals surface area (Å²) in [6.07, 6.45) is 3.87. The highest BCUT2D eigenvalue weighted by molar-refractivity contribution is 5.81. The largest absolute Gasteiger partial charge is 0.399 e. The van der Waals surface area contributed by atoms with E-state index < -0.39 is 0 Å². The van der Waals surface area contributed by atoms with Crippen LogP contribution in [0.25, 0.3) is 11.2 Å². The summed E-state index contributed by atoms with van der Waals surface area (Å²) in [5.74, 6) is 0. The summed E-state index contributed by atoms with van der Waals surface area (Å²) >= 11 is 0. The van der Waals surface area contributed by atoms with Gasteiger partial charge in [0.15, 0.2) is 11.2 Å². The SMILES string of the molecule is CO/N=C(\C)CCCCn1c(=O)c2c(ncn2C)n(C)c1=O. The van der Waals surface area contributed by atoms with Crippen LogP contribution >= 0.6 is 0 Å². The minimum Gasteiger partial charge on any atom is -0.399 e. The second-order valence-corrected chi connectivity index (χ2v) is 5.29. The van der Waals surface area contributed by atoms with Crippen molar-refractivity contribution < 1.29 is 4.84 Å². The second-order valence-electron chi connectivity index (χ2n) is 5.29. The molecule has 0 aliphatic heterocycles. The molecule has 0 spiro atoms. The number of nitrogens with zero attached hydrogens (tertiary/aromatic N) is 5. The first-order valence-electron chi connectivity index (χ1n) is 7.14. The minimum atomic E-state index is -0.335. The number of aromatic nitrogens is 4. The highest BCUT2D eigenvalue weighted by atomic mass is 16.6. The summed E-state index contributed by atoms with van der Waals surface area (Å²) in [7, 11) is 4.88. The molecule has 0 fully saturated rings. The van der Waals surface area contributed by atoms with Crippen molar-refractivity contribution >= 4 is 16.9 Å². The summed E-state index contributed by atoms with van der Waals surface area (Å²) in [6.45, 7) is 2.27. The van der Waals surface area contributed by atoms with E-state index in [1.807, 2.05) is 6.92 Å². The third-order valence-corrected chi connectivity index (χ3v) is 3.62. The van der Waals surface area contributed by atoms with E-state index in [4.69, 9.17) is 4.84 Å². The van der Waals surface area contributed by atoms with Crippen molar-refractivity contribution in [2.45, 2.75) is 32.7 Å². The number of hydrogen-bond acceptors (Lipinski definition) is 5. The predicted octanol–water partition coefficient (Wildman–Crippen LogP) is 0.626. The molecule has 2 rings (SSSR count). The molecule has 0 atom stereocenters. The van der Waals surface area contributed by atoms with E-state index in [2.05, 4.69) is 10.1 Å². The van der Waals surface area contributed by atoms with Gasteiger partial charge in [0.05, 0.1) is 12.0 Å². The predicted molar refractivity (Wildman–Crippen MR) is 84.2 cm³/mol. The number of rotatable bonds is 6. The monoisotopic (exact) mass is 307 g/mol. The number of hydrogen-bond donors (Lipinski definition) is 0. The number of imidazole rings is 1. The van der Waals surface area contributed by atoms with Crippen molar-refractivity contribution in [3.05, 3.63) is 27.2 Å². The lowest BCUT2D eigenvalue weighted by molar-refractivity contribution is 0.212. The Labute approximate surface area is 127 Å². The van der Waals surface area contributed by atoms with Gasteiger partial charge in [0.25, 0.3) is 5.56 Å². The Kier molecular flexibility index (Phi) is 4.79. The van der Waals surface area contributed by atoms with Crippen LogP contribution in [-0.2, 0) is 25.5 Å². The van der Waals surface area contributed by atoms with Gasteiger partial charge >= 0.3 is 5.69 Å². The molecule has 0 radical (unpaired) electrons. The molecule has 8 nitrogen and oxygen atoms in total. The van der Waals surface area contributed by atoms with Crippen molar-refractivity contribution in [2.75, 3.05) is 7.11 Å². The maximum atomic E-state index is 12.5. The smallest absolute Gasteiger partial charge is 0.332 e. The van der Waals surface area contributed by atoms with E-state index in [9.17, 15) is 9.59 Å². The Hall–Kier alpha value is -2.38. The molecule has 8 heteroatoms. The number of unbranched alkanes of at least 4 members (excludes halogenated alkanes) is 1. The summed E-state index contributed by atoms with van der Waals surface area (Å²) in [5, 5.41) is 3.83. The molecule has 120 valence electrons. The highest BCUT2D eigenvalue weighted by Gasteiger charge is 2.14. The van der Waals surface area contributed by atoms with Crippen molar-refractivity contribution in [2.24, 2.45) is 19.3 Å². The van der Waals surface area contributed by atoms with E-state index in [0.29, 0.717) is 17.7 Å². The van der Waals surface area contributed by atoms with Gasteiger partial charge in [0.1, 0.15) is 7.11 Å². The lowest BCUT2D eigenvalue weighted by Gasteiger charge is -2.08. The van der Waals surface area contributed by atoms with Crippen molar-refractivity contribution in [1.82, 2.24) is 18.7 Å². The van der Waals surface area contributed by atoms with Crippen LogP contribution in [0.1, 0.15) is 26.2 Å². The molecule has 22 heavy (non-hydrogen) atoms. The van der Waals surface area contributed by atoms with E-state index in [1.54, 1.807) is 25.0 Å². The Morgan fingerprint density at radius 1 is 1.32 bits per heavy atom. The van der Waals surface area contributed by atoms with Gasteiger partial charge < -0.3 is 9.40 Å². The van der Waals surface area contributed by atoms with Crippen molar-refractivity contribution in [3.63, 3.8) is 0 Å². The molecule has 2 heterocycles. The fourth-order valence-electron chi connectivity index (χ4n) is 2.45. The normalized spacial score (nSPS) is 12.1. The zero-order valence-corrected chi connectivity index (χ0v) is 13.4. The van der Waals surface area contributed by atoms with Crippen LogP contribution < -0.4 is 11.2 Å². The van der Waals surface area contributed by atoms with Crippen LogP contribution in [0.5, 0.6) is 0 Å². The van der Waals surface area contributed by atoms with Crippen molar-refractivity contribution in [1.29, 1.82) is 0 Å². The molecule has 2 aromatic heterocycles. The maximum absolute atomic E-state index is 12.5. The molecule has 0 saturated carbocycles. The summed E-state index contributed by atoms with van der Waals surface area (Å²) in [6, 6.07) is 0. The van der Waals surface area contributed by atoms with Gasteiger partial charge in [-0.05, 0) is 26.2 Å². The standard InChI is InChI=1S/C14H21N5O3/c1-10(16-22-4)7-5-6-8-19-13(20)11-12(15-9-17(11)2)18(3)14(19)21/h9H,5-8H2,1-4H3/b16-10+. The number of fused-ring (bicyclic) bond motifs is 1. The summed E-state index contributed by atoms with van der Waals surface area (Å²) in [5.41, 5.74) is 1.12. The Morgan fingerprint density at radius 2 is 2.05 bits per heavy atom. The van der Waals surface area contributed by atoms with Crippen LogP contribution in [-0.4, -0.2) is 31.5 Å². The zero-order valence-electron chi connectivity index (χ0n) is 13.4. The van der Waals surface area contributed by atoms with Crippen LogP contribution in [0.2, 0.25) is 0 Å². The van der Waals surface area contributed by atoms with E-state index >= 15 is 0 Å². The molecule has 0 aliphatic carbocycles. The molecule has 0 saturated heterocycles. The Balaban J connectivity index is 2.22. The Bertz CT molecular complexity index is 812. The van der Waals surface area contributed by atoms with Gasteiger partial charge in [-0.1, -0.05) is 5.16 Å². The number of oxime groups is 1. The van der Waals surface area contributed by atoms with E-state index in [1.165, 1.54) is 16.2 Å². The first kappa shape index (κ1) is 16.0. The van der Waals surface area contributed by atoms with Gasteiger partial charge in [-0.15, -0.1) is 0 Å². The highest BCUT2D eigenvalue weighted by Crippen LogP contribution is 2.04. The topological polar surface area (TPSA) is 83.4 Å². The molecular formula is C14H21N5O3. The van der Waals surface area contributed by atoms with Crippen LogP contribution in [0.3, 0.4) is 0 Å². The second kappa shape index (κ2) is 6.59. The zero-order chi connectivity index (χ0) is 16.3. The average molecular weight is 307 g/mol. The third kappa shape index (κ3) is 2.95. The maximum Gasteiger partial charge on any atom is 0.332 e. The minimum absolute atomic E-state index is 0.291. The van der Waals surface area contributed by atoms with Gasteiger partial charge in [-0.25, -0.2) is 9.78 Å². The third-order valence-electron chi connectivity index (χ3n) is 3.62. The Morgan fingerprint density at radius 3 is 2.73 bits per heavy atom. The van der Waals surface area contributed by atoms with Crippen molar-refractivity contribution in [3.8, 4) is 0 Å². The van der Waals surface area contributed by atoms with Gasteiger partial charge in [0, 0.05) is 20.6 Å². The molecule has 0 amide bonds. The van der Waals surface area contributed by atoms with Crippen LogP contribution in [0.15, 0.2) is 21.1 Å². The van der Waals surface area contributed by atoms with Crippen LogP contribution in [0, 0.1) is 0 Å². The van der Waals surface area contributed by atoms with Gasteiger partial charge in [-0.3, -0.25) is 13.9 Å². The molecule has 0 aromatic carbocycles. The van der Waals surface area contributed by atoms with E-state index in [-0.39, 0.29) is 11.2 Å². The summed E-state index contributed by atoms with van der Waals surface area (Å²) < 4.78 is 4.32. The summed E-state index contributed by atoms with van der Waals surface area (Å²) in [4.78, 5) is 33.5. The first-order chi connectivity index (χ1) is 10.5. The van der Waals surface area contributed by atoms with Gasteiger partial charge in [-0.2, -0.15) is 0 Å². The average Bonchev–Trinajstić information content (AvgIpc) is 2.86. The molecule has 0 bridgehead atoms. The van der Waals surface area contributed by atoms with Crippen LogP contribution in [0.4, 0.5) is 0 Å². The number of aryl methyl sites for hydroxylation is 2. The molecule has 0 aliphatic rings.